The molecule has 0 bridgehead atoms. The number of thiophene rings is 1. The normalized spacial score (nSPS) is 16.1. The lowest BCUT2D eigenvalue weighted by molar-refractivity contribution is 0.0550. The lowest BCUT2D eigenvalue weighted by atomic mass is 10.00. The average molecular weight is 293 g/mol. The Kier molecular flexibility index (Phi) is 6.55. The third-order valence-corrected chi connectivity index (χ3v) is 4.38. The summed E-state index contributed by atoms with van der Waals surface area (Å²) in [5.74, 6) is 6.82. The maximum Gasteiger partial charge on any atom is 0.0540 e. The van der Waals surface area contributed by atoms with E-state index < -0.39 is 0 Å². The molecule has 0 spiro atoms. The van der Waals surface area contributed by atoms with E-state index in [1.807, 2.05) is 0 Å². The van der Waals surface area contributed by atoms with Gasteiger partial charge < -0.3 is 14.7 Å². The van der Waals surface area contributed by atoms with Crippen molar-refractivity contribution >= 4 is 11.3 Å². The molecule has 1 aliphatic heterocycles. The maximum absolute atomic E-state index is 8.71. The topological polar surface area (TPSA) is 32.7 Å². The molecule has 1 aromatic rings. The minimum absolute atomic E-state index is 0.137. The smallest absolute Gasteiger partial charge is 0.0540 e. The summed E-state index contributed by atoms with van der Waals surface area (Å²) >= 11 is 1.77. The van der Waals surface area contributed by atoms with Crippen LogP contribution in [0.4, 0.5) is 0 Å². The summed E-state index contributed by atoms with van der Waals surface area (Å²) in [6, 6.07) is 2.16. The van der Waals surface area contributed by atoms with Crippen molar-refractivity contribution in [2.24, 2.45) is 5.92 Å². The first-order chi connectivity index (χ1) is 9.78. The highest BCUT2D eigenvalue weighted by molar-refractivity contribution is 7.10. The van der Waals surface area contributed by atoms with Crippen LogP contribution >= 0.6 is 11.3 Å². The summed E-state index contributed by atoms with van der Waals surface area (Å²) < 4.78 is 5.40. The molecule has 0 aliphatic carbocycles. The fraction of sp³-hybridized carbons (Fsp3) is 0.625. The Morgan fingerprint density at radius 1 is 1.45 bits per heavy atom. The molecule has 110 valence electrons. The molecule has 20 heavy (non-hydrogen) atoms. The lowest BCUT2D eigenvalue weighted by Crippen LogP contribution is -2.29. The standard InChI is InChI=1S/C16H23NO2S/c1-17(11-14-5-8-19-9-6-14)12-16-10-15(13-20-16)4-2-3-7-18/h10,13-14,18H,3,5-9,11-12H2,1H3. The van der Waals surface area contributed by atoms with Crippen LogP contribution in [0, 0.1) is 17.8 Å². The Labute approximate surface area is 125 Å². The second kappa shape index (κ2) is 8.43. The van der Waals surface area contributed by atoms with Gasteiger partial charge in [0.05, 0.1) is 6.61 Å². The van der Waals surface area contributed by atoms with Crippen molar-refractivity contribution in [3.63, 3.8) is 0 Å². The zero-order chi connectivity index (χ0) is 14.2. The molecule has 1 aromatic heterocycles. The van der Waals surface area contributed by atoms with Crippen molar-refractivity contribution in [1.29, 1.82) is 0 Å². The zero-order valence-corrected chi connectivity index (χ0v) is 12.9. The van der Waals surface area contributed by atoms with Crippen LogP contribution in [0.1, 0.15) is 29.7 Å². The molecule has 0 saturated carbocycles. The fourth-order valence-electron chi connectivity index (χ4n) is 2.45. The highest BCUT2D eigenvalue weighted by Gasteiger charge is 2.16. The van der Waals surface area contributed by atoms with Gasteiger partial charge in [0, 0.05) is 48.5 Å². The van der Waals surface area contributed by atoms with Crippen LogP contribution in [0.3, 0.4) is 0 Å². The Morgan fingerprint density at radius 3 is 3.00 bits per heavy atom. The Bertz CT molecular complexity index is 455. The van der Waals surface area contributed by atoms with Crippen molar-refractivity contribution in [2.45, 2.75) is 25.8 Å². The number of ether oxygens (including phenoxy) is 1. The van der Waals surface area contributed by atoms with Gasteiger partial charge >= 0.3 is 0 Å². The van der Waals surface area contributed by atoms with Crippen LogP contribution in [0.15, 0.2) is 11.4 Å². The van der Waals surface area contributed by atoms with Crippen molar-refractivity contribution in [3.05, 3.63) is 21.9 Å². The van der Waals surface area contributed by atoms with Gasteiger partial charge in [0.15, 0.2) is 0 Å². The first kappa shape index (κ1) is 15.5. The van der Waals surface area contributed by atoms with E-state index in [-0.39, 0.29) is 6.61 Å². The summed E-state index contributed by atoms with van der Waals surface area (Å²) in [5.41, 5.74) is 1.07. The molecule has 1 N–H and O–H groups in total. The number of aliphatic hydroxyl groups is 1. The molecule has 2 rings (SSSR count). The summed E-state index contributed by atoms with van der Waals surface area (Å²) in [6.45, 7) is 4.11. The maximum atomic E-state index is 8.71. The van der Waals surface area contributed by atoms with Crippen LogP contribution in [0.5, 0.6) is 0 Å². The Hall–Kier alpha value is -0.860. The Morgan fingerprint density at radius 2 is 2.25 bits per heavy atom. The van der Waals surface area contributed by atoms with Crippen LogP contribution in [-0.4, -0.2) is 43.4 Å². The largest absolute Gasteiger partial charge is 0.395 e. The van der Waals surface area contributed by atoms with Crippen LogP contribution in [0.2, 0.25) is 0 Å². The molecule has 1 fully saturated rings. The van der Waals surface area contributed by atoms with Gasteiger partial charge in [-0.05, 0) is 31.9 Å². The highest BCUT2D eigenvalue weighted by Crippen LogP contribution is 2.19. The molecule has 0 atom stereocenters. The quantitative estimate of drug-likeness (QED) is 0.846. The molecule has 0 radical (unpaired) electrons. The molecule has 0 aromatic carbocycles. The number of nitrogens with zero attached hydrogens (tertiary/aromatic N) is 1. The minimum atomic E-state index is 0.137. The Balaban J connectivity index is 1.79. The summed E-state index contributed by atoms with van der Waals surface area (Å²) in [7, 11) is 2.19. The van der Waals surface area contributed by atoms with Crippen LogP contribution in [-0.2, 0) is 11.3 Å². The molecule has 1 aliphatic rings. The molecular formula is C16H23NO2S. The van der Waals surface area contributed by atoms with E-state index in [0.717, 1.165) is 37.8 Å². The van der Waals surface area contributed by atoms with Gasteiger partial charge in [0.1, 0.15) is 0 Å². The third-order valence-electron chi connectivity index (χ3n) is 3.46. The van der Waals surface area contributed by atoms with E-state index >= 15 is 0 Å². The van der Waals surface area contributed by atoms with E-state index in [9.17, 15) is 0 Å². The first-order valence-corrected chi connectivity index (χ1v) is 8.09. The second-order valence-corrected chi connectivity index (χ2v) is 6.33. The molecule has 0 unspecified atom stereocenters. The summed E-state index contributed by atoms with van der Waals surface area (Å²) in [6.07, 6.45) is 2.92. The fourth-order valence-corrected chi connectivity index (χ4v) is 3.35. The average Bonchev–Trinajstić information content (AvgIpc) is 2.87. The molecule has 4 heteroatoms. The number of rotatable bonds is 5. The predicted octanol–water partition coefficient (Wildman–Crippen LogP) is 2.34. The number of hydrogen-bond acceptors (Lipinski definition) is 4. The van der Waals surface area contributed by atoms with Gasteiger partial charge in [-0.15, -0.1) is 11.3 Å². The SMILES string of the molecule is CN(Cc1cc(C#CCCO)cs1)CC1CCOCC1. The van der Waals surface area contributed by atoms with Gasteiger partial charge in [-0.3, -0.25) is 0 Å². The molecular weight excluding hydrogens is 270 g/mol. The molecule has 0 amide bonds. The van der Waals surface area contributed by atoms with Crippen molar-refractivity contribution < 1.29 is 9.84 Å². The minimum Gasteiger partial charge on any atom is -0.395 e. The van der Waals surface area contributed by atoms with Crippen LogP contribution in [0.25, 0.3) is 0 Å². The van der Waals surface area contributed by atoms with E-state index in [2.05, 4.69) is 35.2 Å². The number of aliphatic hydroxyl groups excluding tert-OH is 1. The monoisotopic (exact) mass is 293 g/mol. The van der Waals surface area contributed by atoms with Gasteiger partial charge in [-0.25, -0.2) is 0 Å². The zero-order valence-electron chi connectivity index (χ0n) is 12.1. The molecule has 2 heterocycles. The summed E-state index contributed by atoms with van der Waals surface area (Å²) in [5, 5.41) is 10.8. The predicted molar refractivity (Wildman–Crippen MR) is 82.8 cm³/mol. The van der Waals surface area contributed by atoms with E-state index in [1.54, 1.807) is 11.3 Å². The van der Waals surface area contributed by atoms with E-state index in [0.29, 0.717) is 6.42 Å². The molecule has 1 saturated heterocycles. The van der Waals surface area contributed by atoms with Crippen molar-refractivity contribution in [2.75, 3.05) is 33.4 Å². The number of hydrogen-bond donors (Lipinski definition) is 1. The van der Waals surface area contributed by atoms with Crippen molar-refractivity contribution in [3.8, 4) is 11.8 Å². The van der Waals surface area contributed by atoms with Gasteiger partial charge in [-0.1, -0.05) is 11.8 Å². The highest BCUT2D eigenvalue weighted by atomic mass is 32.1. The van der Waals surface area contributed by atoms with Gasteiger partial charge in [0.25, 0.3) is 0 Å². The lowest BCUT2D eigenvalue weighted by Gasteiger charge is -2.26. The van der Waals surface area contributed by atoms with E-state index in [4.69, 9.17) is 9.84 Å². The summed E-state index contributed by atoms with van der Waals surface area (Å²) in [4.78, 5) is 3.75. The first-order valence-electron chi connectivity index (χ1n) is 7.21. The van der Waals surface area contributed by atoms with Crippen molar-refractivity contribution in [1.82, 2.24) is 4.90 Å². The van der Waals surface area contributed by atoms with Crippen LogP contribution < -0.4 is 0 Å². The molecule has 3 nitrogen and oxygen atoms in total. The van der Waals surface area contributed by atoms with Gasteiger partial charge in [-0.2, -0.15) is 0 Å². The van der Waals surface area contributed by atoms with Gasteiger partial charge in [0.2, 0.25) is 0 Å². The second-order valence-electron chi connectivity index (χ2n) is 5.33. The van der Waals surface area contributed by atoms with E-state index in [1.165, 1.54) is 17.7 Å². The third kappa shape index (κ3) is 5.26.